The number of rotatable bonds is 8. The van der Waals surface area contributed by atoms with E-state index < -0.39 is 6.03 Å². The summed E-state index contributed by atoms with van der Waals surface area (Å²) >= 11 is 0. The third kappa shape index (κ3) is 6.57. The van der Waals surface area contributed by atoms with E-state index in [9.17, 15) is 4.79 Å². The molecule has 1 aromatic carbocycles. The van der Waals surface area contributed by atoms with E-state index in [0.717, 1.165) is 18.2 Å². The molecular formula is C16H27N3O. The normalized spacial score (nSPS) is 12.4. The number of hydrogen-bond acceptors (Lipinski definition) is 2. The minimum Gasteiger partial charge on any atom is -0.351 e. The maximum absolute atomic E-state index is 10.7. The zero-order valence-electron chi connectivity index (χ0n) is 12.8. The molecule has 0 spiro atoms. The summed E-state index contributed by atoms with van der Waals surface area (Å²) in [6.45, 7) is 7.71. The number of benzene rings is 1. The Bertz CT molecular complexity index is 401. The Morgan fingerprint density at radius 1 is 1.15 bits per heavy atom. The van der Waals surface area contributed by atoms with Gasteiger partial charge in [0.2, 0.25) is 0 Å². The second-order valence-electron chi connectivity index (χ2n) is 5.68. The van der Waals surface area contributed by atoms with E-state index in [1.165, 1.54) is 24.8 Å². The Hall–Kier alpha value is -1.55. The van der Waals surface area contributed by atoms with Gasteiger partial charge in [-0.3, -0.25) is 0 Å². The lowest BCUT2D eigenvalue weighted by Crippen LogP contribution is -2.20. The van der Waals surface area contributed by atoms with E-state index in [0.29, 0.717) is 6.04 Å². The van der Waals surface area contributed by atoms with Gasteiger partial charge in [0.25, 0.3) is 0 Å². The Balaban J connectivity index is 2.32. The van der Waals surface area contributed by atoms with E-state index in [2.05, 4.69) is 31.4 Å². The maximum atomic E-state index is 10.7. The van der Waals surface area contributed by atoms with Gasteiger partial charge in [-0.1, -0.05) is 38.8 Å². The molecule has 0 fully saturated rings. The largest absolute Gasteiger partial charge is 0.351 e. The molecule has 4 N–H and O–H groups in total. The van der Waals surface area contributed by atoms with Crippen molar-refractivity contribution in [3.63, 3.8) is 0 Å². The van der Waals surface area contributed by atoms with Crippen molar-refractivity contribution < 1.29 is 4.79 Å². The van der Waals surface area contributed by atoms with Gasteiger partial charge < -0.3 is 16.4 Å². The van der Waals surface area contributed by atoms with E-state index in [1.807, 2.05) is 24.3 Å². The van der Waals surface area contributed by atoms with Crippen molar-refractivity contribution in [2.75, 3.05) is 11.9 Å². The van der Waals surface area contributed by atoms with Crippen molar-refractivity contribution in [2.45, 2.75) is 46.1 Å². The molecule has 20 heavy (non-hydrogen) atoms. The van der Waals surface area contributed by atoms with Gasteiger partial charge >= 0.3 is 6.03 Å². The number of nitrogens with one attached hydrogen (secondary N) is 2. The van der Waals surface area contributed by atoms with Crippen LogP contribution in [-0.4, -0.2) is 12.6 Å². The van der Waals surface area contributed by atoms with Crippen LogP contribution in [0.5, 0.6) is 0 Å². The van der Waals surface area contributed by atoms with Crippen LogP contribution in [0.15, 0.2) is 24.3 Å². The third-order valence-electron chi connectivity index (χ3n) is 3.34. The second kappa shape index (κ2) is 8.59. The summed E-state index contributed by atoms with van der Waals surface area (Å²) in [6.07, 6.45) is 3.78. The molecule has 0 aliphatic heterocycles. The number of unbranched alkanes of at least 4 members (excludes halogenated alkanes) is 1. The number of urea groups is 1. The maximum Gasteiger partial charge on any atom is 0.316 e. The van der Waals surface area contributed by atoms with Gasteiger partial charge in [0, 0.05) is 11.7 Å². The zero-order valence-corrected chi connectivity index (χ0v) is 12.8. The molecule has 0 saturated carbocycles. The predicted molar refractivity (Wildman–Crippen MR) is 84.8 cm³/mol. The molecule has 4 nitrogen and oxygen atoms in total. The standard InChI is InChI=1S/C16H27N3O/c1-12(2)6-4-5-11-18-13(3)14-7-9-15(10-8-14)19-16(17)20/h7-10,12-13,18H,4-6,11H2,1-3H3,(H3,17,19,20). The summed E-state index contributed by atoms with van der Waals surface area (Å²) in [5.41, 5.74) is 7.01. The third-order valence-corrected chi connectivity index (χ3v) is 3.34. The molecule has 0 aromatic heterocycles. The Labute approximate surface area is 122 Å². The van der Waals surface area contributed by atoms with Crippen LogP contribution in [0.3, 0.4) is 0 Å². The topological polar surface area (TPSA) is 67.2 Å². The van der Waals surface area contributed by atoms with Crippen molar-refractivity contribution in [1.29, 1.82) is 0 Å². The van der Waals surface area contributed by atoms with Gasteiger partial charge in [-0.25, -0.2) is 4.79 Å². The van der Waals surface area contributed by atoms with Gasteiger partial charge in [-0.2, -0.15) is 0 Å². The first-order valence-electron chi connectivity index (χ1n) is 7.39. The first-order chi connectivity index (χ1) is 9.49. The highest BCUT2D eigenvalue weighted by atomic mass is 16.2. The number of amides is 2. The van der Waals surface area contributed by atoms with Crippen molar-refractivity contribution in [3.05, 3.63) is 29.8 Å². The fourth-order valence-corrected chi connectivity index (χ4v) is 2.11. The van der Waals surface area contributed by atoms with Gasteiger partial charge in [-0.05, 0) is 43.5 Å². The van der Waals surface area contributed by atoms with Crippen LogP contribution in [0.4, 0.5) is 10.5 Å². The molecule has 4 heteroatoms. The van der Waals surface area contributed by atoms with E-state index in [-0.39, 0.29) is 0 Å². The summed E-state index contributed by atoms with van der Waals surface area (Å²) in [5.74, 6) is 0.790. The predicted octanol–water partition coefficient (Wildman–Crippen LogP) is 3.65. The van der Waals surface area contributed by atoms with Crippen LogP contribution in [0.25, 0.3) is 0 Å². The highest BCUT2D eigenvalue weighted by Crippen LogP contribution is 2.16. The molecule has 0 heterocycles. The van der Waals surface area contributed by atoms with E-state index in [4.69, 9.17) is 5.73 Å². The summed E-state index contributed by atoms with van der Waals surface area (Å²) in [5, 5.41) is 6.08. The fraction of sp³-hybridized carbons (Fsp3) is 0.562. The van der Waals surface area contributed by atoms with Crippen LogP contribution < -0.4 is 16.4 Å². The summed E-state index contributed by atoms with van der Waals surface area (Å²) in [6, 6.07) is 7.55. The summed E-state index contributed by atoms with van der Waals surface area (Å²) < 4.78 is 0. The molecule has 1 rings (SSSR count). The minimum absolute atomic E-state index is 0.316. The first kappa shape index (κ1) is 16.5. The summed E-state index contributed by atoms with van der Waals surface area (Å²) in [4.78, 5) is 10.7. The van der Waals surface area contributed by atoms with Crippen LogP contribution in [0, 0.1) is 5.92 Å². The lowest BCUT2D eigenvalue weighted by Gasteiger charge is -2.15. The minimum atomic E-state index is -0.533. The van der Waals surface area contributed by atoms with Crippen LogP contribution in [-0.2, 0) is 0 Å². The molecule has 1 aromatic rings. The van der Waals surface area contributed by atoms with Gasteiger partial charge in [0.1, 0.15) is 0 Å². The number of hydrogen-bond donors (Lipinski definition) is 3. The Morgan fingerprint density at radius 3 is 2.35 bits per heavy atom. The average Bonchev–Trinajstić information content (AvgIpc) is 2.38. The molecular weight excluding hydrogens is 250 g/mol. The highest BCUT2D eigenvalue weighted by molar-refractivity contribution is 5.87. The highest BCUT2D eigenvalue weighted by Gasteiger charge is 2.05. The molecule has 1 unspecified atom stereocenters. The number of anilines is 1. The molecule has 0 aliphatic rings. The number of nitrogens with two attached hydrogens (primary N) is 1. The number of carbonyl (C=O) groups is 1. The second-order valence-corrected chi connectivity index (χ2v) is 5.68. The lowest BCUT2D eigenvalue weighted by molar-refractivity contribution is 0.259. The Morgan fingerprint density at radius 2 is 1.80 bits per heavy atom. The van der Waals surface area contributed by atoms with Gasteiger partial charge in [-0.15, -0.1) is 0 Å². The summed E-state index contributed by atoms with van der Waals surface area (Å²) in [7, 11) is 0. The Kier molecular flexibility index (Phi) is 7.09. The van der Waals surface area contributed by atoms with Gasteiger partial charge in [0.15, 0.2) is 0 Å². The molecule has 0 aliphatic carbocycles. The SMILES string of the molecule is CC(C)CCCCNC(C)c1ccc(NC(N)=O)cc1. The zero-order chi connectivity index (χ0) is 15.0. The molecule has 0 saturated heterocycles. The van der Waals surface area contributed by atoms with Crippen molar-refractivity contribution in [1.82, 2.24) is 5.32 Å². The van der Waals surface area contributed by atoms with Crippen molar-refractivity contribution in [2.24, 2.45) is 11.7 Å². The van der Waals surface area contributed by atoms with Crippen molar-refractivity contribution in [3.8, 4) is 0 Å². The average molecular weight is 277 g/mol. The molecule has 0 radical (unpaired) electrons. The van der Waals surface area contributed by atoms with Crippen molar-refractivity contribution >= 4 is 11.7 Å². The molecule has 2 amide bonds. The molecule has 0 bridgehead atoms. The number of carbonyl (C=O) groups excluding carboxylic acids is 1. The molecule has 112 valence electrons. The number of primary amides is 1. The quantitative estimate of drug-likeness (QED) is 0.635. The van der Waals surface area contributed by atoms with E-state index in [1.54, 1.807) is 0 Å². The van der Waals surface area contributed by atoms with E-state index >= 15 is 0 Å². The molecule has 1 atom stereocenters. The van der Waals surface area contributed by atoms with Gasteiger partial charge in [0.05, 0.1) is 0 Å². The fourth-order valence-electron chi connectivity index (χ4n) is 2.11. The van der Waals surface area contributed by atoms with Crippen LogP contribution >= 0.6 is 0 Å². The first-order valence-corrected chi connectivity index (χ1v) is 7.39. The monoisotopic (exact) mass is 277 g/mol. The lowest BCUT2D eigenvalue weighted by atomic mass is 10.1. The smallest absolute Gasteiger partial charge is 0.316 e. The van der Waals surface area contributed by atoms with Crippen LogP contribution in [0.1, 0.15) is 51.6 Å². The van der Waals surface area contributed by atoms with Crippen LogP contribution in [0.2, 0.25) is 0 Å².